The number of thiocarbonyl (C=S) groups is 1. The minimum atomic E-state index is -0.458. The normalized spacial score (nSPS) is 10.2. The largest absolute Gasteiger partial charge is 0.371 e. The second kappa shape index (κ2) is 9.31. The van der Waals surface area contributed by atoms with E-state index in [-0.39, 0.29) is 0 Å². The second-order valence-electron chi connectivity index (χ2n) is 5.13. The van der Waals surface area contributed by atoms with E-state index < -0.39 is 5.97 Å². The van der Waals surface area contributed by atoms with E-state index in [2.05, 4.69) is 25.5 Å². The van der Waals surface area contributed by atoms with Crippen LogP contribution in [0.4, 0.5) is 0 Å². The first kappa shape index (κ1) is 18.3. The third kappa shape index (κ3) is 5.55. The Morgan fingerprint density at radius 1 is 1.29 bits per heavy atom. The number of rotatable bonds is 7. The molecule has 2 aromatic rings. The number of carbonyl (C=O) groups excluding carboxylic acids is 1. The molecule has 0 aliphatic carbocycles. The quantitative estimate of drug-likeness (QED) is 0.393. The molecular weight excluding hydrogens is 344 g/mol. The Morgan fingerprint density at radius 3 is 2.67 bits per heavy atom. The van der Waals surface area contributed by atoms with Gasteiger partial charge in [-0.2, -0.15) is 0 Å². The molecule has 0 bridgehead atoms. The molecule has 4 N–H and O–H groups in total. The van der Waals surface area contributed by atoms with Crippen molar-refractivity contribution in [2.24, 2.45) is 12.2 Å². The summed E-state index contributed by atoms with van der Waals surface area (Å²) in [5.74, 6) is -0.458. The number of nitrogens with one attached hydrogen (secondary N) is 2. The number of benzene rings is 1. The molecule has 8 heteroatoms. The average molecular weight is 364 g/mol. The zero-order valence-electron chi connectivity index (χ0n) is 13.3. The molecule has 0 radical (unpaired) electrons. The van der Waals surface area contributed by atoms with Crippen molar-refractivity contribution in [2.45, 2.75) is 13.0 Å². The minimum absolute atomic E-state index is 0.458. The van der Waals surface area contributed by atoms with Gasteiger partial charge in [0.25, 0.3) is 0 Å². The van der Waals surface area contributed by atoms with Gasteiger partial charge in [0.2, 0.25) is 0 Å². The van der Waals surface area contributed by atoms with Crippen molar-refractivity contribution in [1.29, 1.82) is 0 Å². The Kier molecular flexibility index (Phi) is 7.10. The molecule has 2 rings (SSSR count). The van der Waals surface area contributed by atoms with Gasteiger partial charge in [0, 0.05) is 38.4 Å². The number of hydrogen-bond acceptors (Lipinski definition) is 5. The van der Waals surface area contributed by atoms with E-state index in [4.69, 9.17) is 17.4 Å². The minimum Gasteiger partial charge on any atom is -0.371 e. The molecule has 0 unspecified atom stereocenters. The van der Waals surface area contributed by atoms with Crippen molar-refractivity contribution in [2.75, 3.05) is 6.54 Å². The Bertz CT molecular complexity index is 686. The molecule has 128 valence electrons. The van der Waals surface area contributed by atoms with Crippen LogP contribution in [0.5, 0.6) is 0 Å². The lowest BCUT2D eigenvalue weighted by molar-refractivity contribution is 0.0768. The number of aromatic nitrogens is 1. The summed E-state index contributed by atoms with van der Waals surface area (Å²) in [5.41, 5.74) is 2.72. The Balaban J connectivity index is 1.71. The summed E-state index contributed by atoms with van der Waals surface area (Å²) in [7, 11) is 2.03. The van der Waals surface area contributed by atoms with Crippen molar-refractivity contribution >= 4 is 35.5 Å². The van der Waals surface area contributed by atoms with E-state index >= 15 is 0 Å². The van der Waals surface area contributed by atoms with Crippen LogP contribution in [0.3, 0.4) is 0 Å². The van der Waals surface area contributed by atoms with E-state index in [1.807, 2.05) is 31.4 Å². The number of nitrogens with zero attached hydrogens (tertiary/aromatic N) is 1. The van der Waals surface area contributed by atoms with E-state index in [1.165, 1.54) is 5.69 Å². The van der Waals surface area contributed by atoms with Crippen molar-refractivity contribution in [3.8, 4) is 0 Å². The fourth-order valence-electron chi connectivity index (χ4n) is 2.16. The highest BCUT2D eigenvalue weighted by atomic mass is 32.2. The molecular formula is C16H20N4O2S2. The highest BCUT2D eigenvalue weighted by molar-refractivity contribution is 7.92. The third-order valence-electron chi connectivity index (χ3n) is 3.48. The van der Waals surface area contributed by atoms with Crippen LogP contribution >= 0.6 is 24.4 Å². The van der Waals surface area contributed by atoms with Crippen LogP contribution in [0.2, 0.25) is 0 Å². The first-order chi connectivity index (χ1) is 11.6. The van der Waals surface area contributed by atoms with Crippen molar-refractivity contribution in [1.82, 2.24) is 15.2 Å². The standard InChI is InChI=1S/C16H20N4O2S2/c1-20-10-2-3-14(20)8-9-18-16(23)19-11-12-4-6-13(7-5-12)15(21)22-24-17/h2-7,10H,8-9,11,17H2,1H3,(H2,18,19,23). The van der Waals surface area contributed by atoms with Gasteiger partial charge in [0.05, 0.1) is 5.56 Å². The van der Waals surface area contributed by atoms with E-state index in [0.29, 0.717) is 29.4 Å². The monoisotopic (exact) mass is 364 g/mol. The average Bonchev–Trinajstić information content (AvgIpc) is 2.99. The summed E-state index contributed by atoms with van der Waals surface area (Å²) < 4.78 is 6.75. The topological polar surface area (TPSA) is 81.3 Å². The fraction of sp³-hybridized carbons (Fsp3) is 0.250. The number of hydrogen-bond donors (Lipinski definition) is 3. The van der Waals surface area contributed by atoms with E-state index in [1.54, 1.807) is 12.1 Å². The summed E-state index contributed by atoms with van der Waals surface area (Å²) in [6, 6.07) is 11.2. The molecule has 6 nitrogen and oxygen atoms in total. The molecule has 0 atom stereocenters. The summed E-state index contributed by atoms with van der Waals surface area (Å²) in [4.78, 5) is 11.5. The van der Waals surface area contributed by atoms with Gasteiger partial charge in [0.15, 0.2) is 5.11 Å². The van der Waals surface area contributed by atoms with Gasteiger partial charge in [-0.25, -0.2) is 9.93 Å². The number of nitrogens with two attached hydrogens (primary N) is 1. The lowest BCUT2D eigenvalue weighted by Gasteiger charge is -2.11. The van der Waals surface area contributed by atoms with Gasteiger partial charge in [-0.15, -0.1) is 0 Å². The Hall–Kier alpha value is -2.03. The van der Waals surface area contributed by atoms with Gasteiger partial charge < -0.3 is 19.4 Å². The first-order valence-corrected chi connectivity index (χ1v) is 8.60. The van der Waals surface area contributed by atoms with Crippen molar-refractivity contribution in [3.63, 3.8) is 0 Å². The number of aryl methyl sites for hydroxylation is 1. The predicted octanol–water partition coefficient (Wildman–Crippen LogP) is 1.91. The van der Waals surface area contributed by atoms with Crippen LogP contribution in [0.1, 0.15) is 21.6 Å². The lowest BCUT2D eigenvalue weighted by Crippen LogP contribution is -2.36. The van der Waals surface area contributed by atoms with Crippen LogP contribution < -0.4 is 15.8 Å². The van der Waals surface area contributed by atoms with E-state index in [9.17, 15) is 4.79 Å². The van der Waals surface area contributed by atoms with Crippen LogP contribution in [-0.4, -0.2) is 22.2 Å². The molecule has 0 spiro atoms. The molecule has 1 heterocycles. The number of carbonyl (C=O) groups is 1. The predicted molar refractivity (Wildman–Crippen MR) is 100 cm³/mol. The summed E-state index contributed by atoms with van der Waals surface area (Å²) in [6.07, 6.45) is 2.93. The SMILES string of the molecule is Cn1cccc1CCNC(=S)NCc1ccc(C(=O)OSN)cc1. The van der Waals surface area contributed by atoms with E-state index in [0.717, 1.165) is 18.5 Å². The molecule has 0 saturated carbocycles. The zero-order chi connectivity index (χ0) is 17.4. The van der Waals surface area contributed by atoms with Crippen LogP contribution in [0, 0.1) is 0 Å². The van der Waals surface area contributed by atoms with Crippen molar-refractivity contribution < 1.29 is 8.98 Å². The second-order valence-corrected chi connectivity index (χ2v) is 5.90. The van der Waals surface area contributed by atoms with Crippen molar-refractivity contribution in [3.05, 3.63) is 59.4 Å². The Morgan fingerprint density at radius 2 is 2.04 bits per heavy atom. The highest BCUT2D eigenvalue weighted by Crippen LogP contribution is 2.08. The van der Waals surface area contributed by atoms with Gasteiger partial charge >= 0.3 is 5.97 Å². The molecule has 0 saturated heterocycles. The molecule has 24 heavy (non-hydrogen) atoms. The maximum absolute atomic E-state index is 11.5. The first-order valence-electron chi connectivity index (χ1n) is 7.38. The molecule has 1 aromatic carbocycles. The van der Waals surface area contributed by atoms with Crippen LogP contribution in [0.25, 0.3) is 0 Å². The van der Waals surface area contributed by atoms with Crippen LogP contribution in [-0.2, 0) is 24.2 Å². The van der Waals surface area contributed by atoms with Crippen LogP contribution in [0.15, 0.2) is 42.6 Å². The highest BCUT2D eigenvalue weighted by Gasteiger charge is 2.06. The van der Waals surface area contributed by atoms with Gasteiger partial charge in [0.1, 0.15) is 12.2 Å². The fourth-order valence-corrected chi connectivity index (χ4v) is 2.51. The maximum atomic E-state index is 11.5. The van der Waals surface area contributed by atoms with Gasteiger partial charge in [-0.1, -0.05) is 12.1 Å². The summed E-state index contributed by atoms with van der Waals surface area (Å²) in [6.45, 7) is 1.35. The summed E-state index contributed by atoms with van der Waals surface area (Å²) >= 11 is 5.80. The Labute approximate surface area is 151 Å². The maximum Gasteiger partial charge on any atom is 0.351 e. The molecule has 0 aliphatic heterocycles. The molecule has 0 fully saturated rings. The molecule has 1 aromatic heterocycles. The third-order valence-corrected chi connectivity index (χ3v) is 4.02. The van der Waals surface area contributed by atoms with Gasteiger partial charge in [-0.05, 0) is 42.0 Å². The zero-order valence-corrected chi connectivity index (χ0v) is 15.0. The summed E-state index contributed by atoms with van der Waals surface area (Å²) in [5, 5.41) is 12.0. The molecule has 0 aliphatic rings. The van der Waals surface area contributed by atoms with Gasteiger partial charge in [-0.3, -0.25) is 0 Å². The smallest absolute Gasteiger partial charge is 0.351 e. The lowest BCUT2D eigenvalue weighted by atomic mass is 10.1. The molecule has 0 amide bonds.